The molecule has 1 aliphatic carbocycles. The Hall–Kier alpha value is -1.21. The van der Waals surface area contributed by atoms with Crippen LogP contribution in [0.25, 0.3) is 0 Å². The molecular weight excluding hydrogens is 400 g/mol. The smallest absolute Gasteiger partial charge is 0.280 e. The van der Waals surface area contributed by atoms with Crippen LogP contribution >= 0.6 is 0 Å². The van der Waals surface area contributed by atoms with Gasteiger partial charge in [-0.1, -0.05) is 33.8 Å². The Kier molecular flexibility index (Phi) is 7.12. The molecule has 0 radical (unpaired) electrons. The molecule has 0 bridgehead atoms. The zero-order valence-corrected chi connectivity index (χ0v) is 19.8. The van der Waals surface area contributed by atoms with E-state index >= 15 is 0 Å². The number of nitrogens with one attached hydrogen (secondary N) is 1. The van der Waals surface area contributed by atoms with Gasteiger partial charge in [0.25, 0.3) is 5.91 Å². The van der Waals surface area contributed by atoms with Crippen molar-refractivity contribution in [2.75, 3.05) is 18.1 Å². The van der Waals surface area contributed by atoms with E-state index in [1.165, 1.54) is 0 Å². The van der Waals surface area contributed by atoms with E-state index in [0.717, 1.165) is 37.7 Å². The third-order valence-electron chi connectivity index (χ3n) is 6.50. The fourth-order valence-corrected chi connectivity index (χ4v) is 6.83. The van der Waals surface area contributed by atoms with E-state index in [9.17, 15) is 13.8 Å². The van der Waals surface area contributed by atoms with Crippen molar-refractivity contribution < 1.29 is 18.5 Å². The van der Waals surface area contributed by atoms with Gasteiger partial charge in [-0.05, 0) is 56.3 Å². The SMILES string of the molecule is CC1CC=C(C(=O)N=S2(=O)CCC3(CC2)CC(NC(=O)CC(C)(C)C)CCO3)CC1. The highest BCUT2D eigenvalue weighted by atomic mass is 32.2. The van der Waals surface area contributed by atoms with E-state index < -0.39 is 9.73 Å². The molecule has 3 rings (SSSR count). The van der Waals surface area contributed by atoms with Crippen molar-refractivity contribution in [2.45, 2.75) is 90.7 Å². The van der Waals surface area contributed by atoms with Gasteiger partial charge in [-0.15, -0.1) is 0 Å². The molecule has 2 atom stereocenters. The van der Waals surface area contributed by atoms with E-state index in [-0.39, 0.29) is 28.9 Å². The summed E-state index contributed by atoms with van der Waals surface area (Å²) in [5.74, 6) is 1.19. The number of hydrogen-bond acceptors (Lipinski definition) is 4. The molecule has 2 aliphatic heterocycles. The zero-order chi connectivity index (χ0) is 22.0. The van der Waals surface area contributed by atoms with Crippen molar-refractivity contribution in [2.24, 2.45) is 15.7 Å². The highest BCUT2D eigenvalue weighted by Crippen LogP contribution is 2.37. The molecule has 0 aromatic heterocycles. The minimum Gasteiger partial charge on any atom is -0.375 e. The Bertz CT molecular complexity index is 804. The number of hydrogen-bond donors (Lipinski definition) is 1. The summed E-state index contributed by atoms with van der Waals surface area (Å²) in [5.41, 5.74) is 0.340. The minimum atomic E-state index is -2.52. The second-order valence-corrected chi connectivity index (χ2v) is 13.3. The lowest BCUT2D eigenvalue weighted by molar-refractivity contribution is -0.127. The van der Waals surface area contributed by atoms with E-state index in [4.69, 9.17) is 4.74 Å². The quantitative estimate of drug-likeness (QED) is 0.722. The van der Waals surface area contributed by atoms with E-state index in [0.29, 0.717) is 43.3 Å². The molecule has 2 amide bonds. The molecule has 7 heteroatoms. The van der Waals surface area contributed by atoms with Crippen molar-refractivity contribution in [3.63, 3.8) is 0 Å². The molecule has 0 saturated carbocycles. The van der Waals surface area contributed by atoms with Gasteiger partial charge in [0.1, 0.15) is 0 Å². The van der Waals surface area contributed by atoms with Crippen molar-refractivity contribution in [1.82, 2.24) is 5.32 Å². The van der Waals surface area contributed by atoms with E-state index in [2.05, 4.69) is 37.4 Å². The summed E-state index contributed by atoms with van der Waals surface area (Å²) in [7, 11) is -2.52. The van der Waals surface area contributed by atoms with Gasteiger partial charge >= 0.3 is 0 Å². The molecule has 2 heterocycles. The fraction of sp³-hybridized carbons (Fsp3) is 0.826. The second kappa shape index (κ2) is 9.11. The summed E-state index contributed by atoms with van der Waals surface area (Å²) in [5, 5.41) is 3.17. The molecule has 0 aromatic carbocycles. The first-order valence-corrected chi connectivity index (χ1v) is 13.2. The lowest BCUT2D eigenvalue weighted by atomic mass is 9.85. The van der Waals surface area contributed by atoms with Gasteiger partial charge in [-0.3, -0.25) is 9.59 Å². The van der Waals surface area contributed by atoms with Crippen LogP contribution in [-0.4, -0.2) is 45.8 Å². The van der Waals surface area contributed by atoms with Gasteiger partial charge in [-0.2, -0.15) is 4.36 Å². The molecule has 1 N–H and O–H groups in total. The van der Waals surface area contributed by atoms with Gasteiger partial charge in [0, 0.05) is 36.1 Å². The number of carbonyl (C=O) groups is 2. The number of amides is 2. The van der Waals surface area contributed by atoms with Crippen LogP contribution in [0.4, 0.5) is 0 Å². The maximum atomic E-state index is 13.2. The third-order valence-corrected chi connectivity index (χ3v) is 8.68. The van der Waals surface area contributed by atoms with E-state index in [1.807, 2.05) is 6.08 Å². The molecular formula is C23H38N2O4S. The topological polar surface area (TPSA) is 84.8 Å². The first kappa shape index (κ1) is 23.5. The Morgan fingerprint density at radius 3 is 2.57 bits per heavy atom. The molecule has 1 spiro atoms. The molecule has 2 saturated heterocycles. The fourth-order valence-electron chi connectivity index (χ4n) is 4.64. The standard InChI is InChI=1S/C23H38N2O4S/c1-17-5-7-18(8-6-17)21(27)25-30(28)13-10-23(11-14-30)15-19(9-12-29-23)24-20(26)16-22(2,3)4/h7,17,19H,5-6,8-16H2,1-4H3,(H,24,26). The van der Waals surface area contributed by atoms with Crippen LogP contribution in [0.3, 0.4) is 0 Å². The summed E-state index contributed by atoms with van der Waals surface area (Å²) in [4.78, 5) is 24.9. The number of carbonyl (C=O) groups excluding carboxylic acids is 2. The van der Waals surface area contributed by atoms with Crippen molar-refractivity contribution >= 4 is 21.5 Å². The van der Waals surface area contributed by atoms with Crippen LogP contribution in [-0.2, 0) is 24.1 Å². The second-order valence-electron chi connectivity index (χ2n) is 10.7. The van der Waals surface area contributed by atoms with Crippen LogP contribution in [0, 0.1) is 11.3 Å². The third kappa shape index (κ3) is 6.39. The molecule has 2 unspecified atom stereocenters. The highest BCUT2D eigenvalue weighted by molar-refractivity contribution is 7.93. The van der Waals surface area contributed by atoms with Gasteiger partial charge in [0.15, 0.2) is 0 Å². The van der Waals surface area contributed by atoms with Crippen molar-refractivity contribution in [1.29, 1.82) is 0 Å². The maximum absolute atomic E-state index is 13.2. The van der Waals surface area contributed by atoms with Crippen molar-refractivity contribution in [3.8, 4) is 0 Å². The molecule has 170 valence electrons. The van der Waals surface area contributed by atoms with Gasteiger partial charge in [0.05, 0.1) is 15.3 Å². The lowest BCUT2D eigenvalue weighted by Gasteiger charge is -2.44. The van der Waals surface area contributed by atoms with Crippen LogP contribution in [0.5, 0.6) is 0 Å². The summed E-state index contributed by atoms with van der Waals surface area (Å²) in [6.45, 7) is 8.96. The molecule has 6 nitrogen and oxygen atoms in total. The highest BCUT2D eigenvalue weighted by Gasteiger charge is 2.42. The van der Waals surface area contributed by atoms with Crippen LogP contribution in [0.15, 0.2) is 16.0 Å². The number of ether oxygens (including phenoxy) is 1. The number of allylic oxidation sites excluding steroid dienone is 1. The molecule has 0 aromatic rings. The first-order valence-electron chi connectivity index (χ1n) is 11.4. The average Bonchev–Trinajstić information content (AvgIpc) is 2.64. The molecule has 30 heavy (non-hydrogen) atoms. The summed E-state index contributed by atoms with van der Waals surface area (Å²) in [6.07, 6.45) is 7.92. The summed E-state index contributed by atoms with van der Waals surface area (Å²) in [6, 6.07) is 0.0932. The Labute approximate surface area is 181 Å². The summed E-state index contributed by atoms with van der Waals surface area (Å²) >= 11 is 0. The number of rotatable bonds is 3. The van der Waals surface area contributed by atoms with Crippen LogP contribution < -0.4 is 5.32 Å². The van der Waals surface area contributed by atoms with Gasteiger partial charge in [-0.25, -0.2) is 4.21 Å². The van der Waals surface area contributed by atoms with E-state index in [1.54, 1.807) is 0 Å². The Morgan fingerprint density at radius 1 is 1.27 bits per heavy atom. The van der Waals surface area contributed by atoms with Crippen LogP contribution in [0.2, 0.25) is 0 Å². The Morgan fingerprint density at radius 2 is 1.97 bits per heavy atom. The monoisotopic (exact) mass is 438 g/mol. The Balaban J connectivity index is 1.58. The van der Waals surface area contributed by atoms with Crippen molar-refractivity contribution in [3.05, 3.63) is 11.6 Å². The minimum absolute atomic E-state index is 0.0385. The van der Waals surface area contributed by atoms with Gasteiger partial charge in [0.2, 0.25) is 5.91 Å². The zero-order valence-electron chi connectivity index (χ0n) is 19.0. The summed E-state index contributed by atoms with van der Waals surface area (Å²) < 4.78 is 23.6. The maximum Gasteiger partial charge on any atom is 0.280 e. The molecule has 3 aliphatic rings. The molecule has 2 fully saturated rings. The van der Waals surface area contributed by atoms with Crippen LogP contribution in [0.1, 0.15) is 79.1 Å². The normalized spacial score (nSPS) is 34.9. The predicted molar refractivity (Wildman–Crippen MR) is 120 cm³/mol. The average molecular weight is 439 g/mol. The predicted octanol–water partition coefficient (Wildman–Crippen LogP) is 3.99. The first-order chi connectivity index (χ1) is 14.0. The van der Waals surface area contributed by atoms with Gasteiger partial charge < -0.3 is 10.1 Å². The number of nitrogens with zero attached hydrogens (tertiary/aromatic N) is 1. The largest absolute Gasteiger partial charge is 0.375 e. The lowest BCUT2D eigenvalue weighted by Crippen LogP contribution is -2.52.